The first-order chi connectivity index (χ1) is 5.88. The predicted molar refractivity (Wildman–Crippen MR) is 51.4 cm³/mol. The Hall–Kier alpha value is -1.25. The fourth-order valence-corrected chi connectivity index (χ4v) is 1.02. The highest BCUT2D eigenvalue weighted by Crippen LogP contribution is 2.21. The van der Waals surface area contributed by atoms with Crippen LogP contribution in [0.25, 0.3) is 0 Å². The van der Waals surface area contributed by atoms with Crippen LogP contribution in [-0.2, 0) is 0 Å². The highest BCUT2D eigenvalue weighted by molar-refractivity contribution is 5.48. The number of phenolic OH excluding ortho intramolecular Hbond substituents is 1. The number of halogens is 1. The third-order valence-electron chi connectivity index (χ3n) is 1.47. The van der Waals surface area contributed by atoms with E-state index in [9.17, 15) is 4.39 Å². The minimum absolute atomic E-state index is 0.108. The summed E-state index contributed by atoms with van der Waals surface area (Å²) in [7, 11) is 0. The fraction of sp³-hybridized carbons (Fsp3) is 0.400. The number of benzene rings is 1. The van der Waals surface area contributed by atoms with E-state index in [0.717, 1.165) is 0 Å². The molecule has 0 saturated heterocycles. The van der Waals surface area contributed by atoms with Crippen molar-refractivity contribution in [2.24, 2.45) is 0 Å². The Kier molecular flexibility index (Phi) is 2.45. The molecule has 0 aliphatic rings. The van der Waals surface area contributed by atoms with Gasteiger partial charge in [-0.15, -0.1) is 0 Å². The van der Waals surface area contributed by atoms with Crippen LogP contribution in [0, 0.1) is 5.82 Å². The minimum atomic E-state index is -0.603. The van der Waals surface area contributed by atoms with Crippen LogP contribution in [-0.4, -0.2) is 10.6 Å². The topological polar surface area (TPSA) is 32.3 Å². The fourth-order valence-electron chi connectivity index (χ4n) is 1.02. The van der Waals surface area contributed by atoms with Crippen molar-refractivity contribution < 1.29 is 9.50 Å². The van der Waals surface area contributed by atoms with Crippen LogP contribution in [0.4, 0.5) is 10.1 Å². The first-order valence-corrected chi connectivity index (χ1v) is 4.15. The van der Waals surface area contributed by atoms with Gasteiger partial charge in [0.15, 0.2) is 11.6 Å². The Morgan fingerprint density at radius 1 is 1.31 bits per heavy atom. The van der Waals surface area contributed by atoms with Gasteiger partial charge in [-0.2, -0.15) is 0 Å². The van der Waals surface area contributed by atoms with Crippen molar-refractivity contribution in [3.63, 3.8) is 0 Å². The molecule has 0 aliphatic heterocycles. The summed E-state index contributed by atoms with van der Waals surface area (Å²) in [5.41, 5.74) is 0.562. The Morgan fingerprint density at radius 2 is 1.92 bits per heavy atom. The largest absolute Gasteiger partial charge is 0.505 e. The molecule has 0 heterocycles. The van der Waals surface area contributed by atoms with E-state index in [2.05, 4.69) is 5.32 Å². The number of phenols is 1. The molecular weight excluding hydrogens is 169 g/mol. The molecule has 0 unspecified atom stereocenters. The Morgan fingerprint density at radius 3 is 2.38 bits per heavy atom. The third-order valence-corrected chi connectivity index (χ3v) is 1.47. The van der Waals surface area contributed by atoms with E-state index in [1.54, 1.807) is 6.07 Å². The number of rotatable bonds is 1. The normalized spacial score (nSPS) is 11.4. The Labute approximate surface area is 77.4 Å². The molecule has 0 aliphatic carbocycles. The maximum absolute atomic E-state index is 12.9. The number of anilines is 1. The average molecular weight is 183 g/mol. The van der Waals surface area contributed by atoms with Crippen LogP contribution >= 0.6 is 0 Å². The molecule has 1 rings (SSSR count). The van der Waals surface area contributed by atoms with Crippen molar-refractivity contribution >= 4 is 5.69 Å². The SMILES string of the molecule is CC(C)(C)Nc1ccc(O)c(F)c1. The monoisotopic (exact) mass is 183 g/mol. The second kappa shape index (κ2) is 3.24. The van der Waals surface area contributed by atoms with E-state index in [1.807, 2.05) is 20.8 Å². The molecule has 13 heavy (non-hydrogen) atoms. The van der Waals surface area contributed by atoms with Gasteiger partial charge >= 0.3 is 0 Å². The van der Waals surface area contributed by atoms with Crippen molar-refractivity contribution in [3.05, 3.63) is 24.0 Å². The lowest BCUT2D eigenvalue weighted by Crippen LogP contribution is -2.25. The van der Waals surface area contributed by atoms with Gasteiger partial charge in [-0.3, -0.25) is 0 Å². The Bertz CT molecular complexity index is 304. The zero-order chi connectivity index (χ0) is 10.1. The molecule has 0 saturated carbocycles. The Balaban J connectivity index is 2.86. The number of hydrogen-bond donors (Lipinski definition) is 2. The molecule has 0 atom stereocenters. The number of aromatic hydroxyl groups is 1. The minimum Gasteiger partial charge on any atom is -0.505 e. The zero-order valence-electron chi connectivity index (χ0n) is 8.06. The van der Waals surface area contributed by atoms with E-state index < -0.39 is 5.82 Å². The van der Waals surface area contributed by atoms with Gasteiger partial charge in [0.25, 0.3) is 0 Å². The van der Waals surface area contributed by atoms with E-state index in [-0.39, 0.29) is 11.3 Å². The average Bonchev–Trinajstić information content (AvgIpc) is 1.94. The zero-order valence-corrected chi connectivity index (χ0v) is 8.06. The van der Waals surface area contributed by atoms with Crippen molar-refractivity contribution in [3.8, 4) is 5.75 Å². The van der Waals surface area contributed by atoms with Crippen LogP contribution in [0.3, 0.4) is 0 Å². The summed E-state index contributed by atoms with van der Waals surface area (Å²) < 4.78 is 12.9. The maximum atomic E-state index is 12.9. The van der Waals surface area contributed by atoms with E-state index in [0.29, 0.717) is 5.69 Å². The third kappa shape index (κ3) is 2.93. The van der Waals surface area contributed by atoms with Gasteiger partial charge in [-0.05, 0) is 32.9 Å². The van der Waals surface area contributed by atoms with Crippen molar-refractivity contribution in [1.29, 1.82) is 0 Å². The summed E-state index contributed by atoms with van der Waals surface area (Å²) in [6, 6.07) is 4.26. The van der Waals surface area contributed by atoms with Gasteiger partial charge in [-0.1, -0.05) is 0 Å². The second-order valence-electron chi connectivity index (χ2n) is 4.04. The first-order valence-electron chi connectivity index (χ1n) is 4.15. The quantitative estimate of drug-likeness (QED) is 0.656. The van der Waals surface area contributed by atoms with E-state index in [4.69, 9.17) is 5.11 Å². The van der Waals surface area contributed by atoms with E-state index in [1.165, 1.54) is 12.1 Å². The maximum Gasteiger partial charge on any atom is 0.166 e. The molecule has 3 heteroatoms. The molecule has 0 aromatic heterocycles. The number of nitrogens with one attached hydrogen (secondary N) is 1. The van der Waals surface area contributed by atoms with Crippen LogP contribution in [0.2, 0.25) is 0 Å². The summed E-state index contributed by atoms with van der Waals surface area (Å²) in [4.78, 5) is 0. The van der Waals surface area contributed by atoms with Crippen LogP contribution < -0.4 is 5.32 Å². The van der Waals surface area contributed by atoms with E-state index >= 15 is 0 Å². The molecule has 1 aromatic rings. The summed E-state index contributed by atoms with van der Waals surface area (Å²) in [5.74, 6) is -0.922. The summed E-state index contributed by atoms with van der Waals surface area (Å²) in [6.07, 6.45) is 0. The lowest BCUT2D eigenvalue weighted by molar-refractivity contribution is 0.432. The summed E-state index contributed by atoms with van der Waals surface area (Å²) >= 11 is 0. The molecular formula is C10H14FNO. The molecule has 0 spiro atoms. The molecule has 72 valence electrons. The molecule has 0 amide bonds. The van der Waals surface area contributed by atoms with Gasteiger partial charge in [0.2, 0.25) is 0 Å². The summed E-state index contributed by atoms with van der Waals surface area (Å²) in [5, 5.41) is 12.0. The highest BCUT2D eigenvalue weighted by atomic mass is 19.1. The van der Waals surface area contributed by atoms with Crippen molar-refractivity contribution in [1.82, 2.24) is 0 Å². The standard InChI is InChI=1S/C10H14FNO/c1-10(2,3)12-7-4-5-9(13)8(11)6-7/h4-6,12-13H,1-3H3. The molecule has 0 bridgehead atoms. The van der Waals surface area contributed by atoms with Crippen LogP contribution in [0.1, 0.15) is 20.8 Å². The van der Waals surface area contributed by atoms with Gasteiger partial charge in [-0.25, -0.2) is 4.39 Å². The van der Waals surface area contributed by atoms with Gasteiger partial charge in [0, 0.05) is 17.3 Å². The molecule has 0 fully saturated rings. The summed E-state index contributed by atoms with van der Waals surface area (Å²) in [6.45, 7) is 5.95. The molecule has 0 radical (unpaired) electrons. The molecule has 1 aromatic carbocycles. The van der Waals surface area contributed by atoms with Crippen LogP contribution in [0.15, 0.2) is 18.2 Å². The van der Waals surface area contributed by atoms with Crippen LogP contribution in [0.5, 0.6) is 5.75 Å². The van der Waals surface area contributed by atoms with Gasteiger partial charge in [0.1, 0.15) is 0 Å². The lowest BCUT2D eigenvalue weighted by atomic mass is 10.1. The van der Waals surface area contributed by atoms with Gasteiger partial charge in [0.05, 0.1) is 0 Å². The predicted octanol–water partition coefficient (Wildman–Crippen LogP) is 2.74. The molecule has 2 nitrogen and oxygen atoms in total. The molecule has 2 N–H and O–H groups in total. The highest BCUT2D eigenvalue weighted by Gasteiger charge is 2.10. The first kappa shape index (κ1) is 9.84. The lowest BCUT2D eigenvalue weighted by Gasteiger charge is -2.22. The number of hydrogen-bond acceptors (Lipinski definition) is 2. The second-order valence-corrected chi connectivity index (χ2v) is 4.04. The van der Waals surface area contributed by atoms with Crippen molar-refractivity contribution in [2.75, 3.05) is 5.32 Å². The van der Waals surface area contributed by atoms with Gasteiger partial charge < -0.3 is 10.4 Å². The van der Waals surface area contributed by atoms with Crippen molar-refractivity contribution in [2.45, 2.75) is 26.3 Å². The smallest absolute Gasteiger partial charge is 0.166 e.